The van der Waals surface area contributed by atoms with Gasteiger partial charge in [-0.1, -0.05) is 0 Å². The van der Waals surface area contributed by atoms with E-state index in [0.29, 0.717) is 6.23 Å². The van der Waals surface area contributed by atoms with E-state index in [1.54, 1.807) is 0 Å². The van der Waals surface area contributed by atoms with Crippen molar-refractivity contribution < 1.29 is 4.74 Å². The molecule has 0 spiro atoms. The minimum Gasteiger partial charge on any atom is -0.362 e. The third kappa shape index (κ3) is 2.19. The summed E-state index contributed by atoms with van der Waals surface area (Å²) in [4.78, 5) is 0. The van der Waals surface area contributed by atoms with Crippen molar-refractivity contribution in [3.63, 3.8) is 0 Å². The lowest BCUT2D eigenvalue weighted by molar-refractivity contribution is 0.0754. The van der Waals surface area contributed by atoms with E-state index in [-0.39, 0.29) is 0 Å². The van der Waals surface area contributed by atoms with Gasteiger partial charge in [-0.3, -0.25) is 5.32 Å². The number of piperidine rings is 1. The van der Waals surface area contributed by atoms with E-state index in [0.717, 1.165) is 19.1 Å². The Labute approximate surface area is 73.9 Å². The summed E-state index contributed by atoms with van der Waals surface area (Å²) < 4.78 is 5.52. The predicted molar refractivity (Wildman–Crippen MR) is 48.0 cm³/mol. The molecule has 2 heterocycles. The molecule has 70 valence electrons. The summed E-state index contributed by atoms with van der Waals surface area (Å²) >= 11 is 0. The van der Waals surface area contributed by atoms with Crippen molar-refractivity contribution in [2.75, 3.05) is 26.2 Å². The van der Waals surface area contributed by atoms with Gasteiger partial charge in [0.25, 0.3) is 0 Å². The minimum absolute atomic E-state index is 0.342. The van der Waals surface area contributed by atoms with Crippen LogP contribution in [0.2, 0.25) is 0 Å². The quantitative estimate of drug-likeness (QED) is 0.626. The first-order valence-corrected chi connectivity index (χ1v) is 5.01. The van der Waals surface area contributed by atoms with E-state index in [4.69, 9.17) is 4.74 Å². The van der Waals surface area contributed by atoms with Gasteiger partial charge >= 0.3 is 0 Å². The van der Waals surface area contributed by atoms with Crippen molar-refractivity contribution in [3.8, 4) is 0 Å². The molecule has 2 aliphatic heterocycles. The Bertz CT molecular complexity index is 128. The molecule has 0 aromatic heterocycles. The standard InChI is InChI=1S/C9H18N2O/c1-2-8(7-10-3-1)6-9-11-4-5-12-9/h8-11H,1-7H2. The molecule has 2 unspecified atom stereocenters. The van der Waals surface area contributed by atoms with Crippen LogP contribution in [0, 0.1) is 5.92 Å². The average molecular weight is 170 g/mol. The second-order valence-electron chi connectivity index (χ2n) is 3.76. The molecule has 0 aromatic rings. The van der Waals surface area contributed by atoms with Crippen LogP contribution in [0.3, 0.4) is 0 Å². The highest BCUT2D eigenvalue weighted by molar-refractivity contribution is 4.74. The van der Waals surface area contributed by atoms with Gasteiger partial charge in [-0.25, -0.2) is 0 Å². The fourth-order valence-corrected chi connectivity index (χ4v) is 2.06. The van der Waals surface area contributed by atoms with E-state index in [1.165, 1.54) is 32.4 Å². The molecule has 2 fully saturated rings. The second kappa shape index (κ2) is 4.21. The molecule has 0 saturated carbocycles. The zero-order valence-electron chi connectivity index (χ0n) is 7.51. The summed E-state index contributed by atoms with van der Waals surface area (Å²) in [6, 6.07) is 0. The molecule has 2 rings (SSSR count). The van der Waals surface area contributed by atoms with Crippen LogP contribution >= 0.6 is 0 Å². The Morgan fingerprint density at radius 2 is 2.33 bits per heavy atom. The minimum atomic E-state index is 0.342. The molecule has 0 radical (unpaired) electrons. The summed E-state index contributed by atoms with van der Waals surface area (Å²) in [6.45, 7) is 4.31. The van der Waals surface area contributed by atoms with E-state index >= 15 is 0 Å². The van der Waals surface area contributed by atoms with Gasteiger partial charge in [0.1, 0.15) is 6.23 Å². The Morgan fingerprint density at radius 1 is 1.33 bits per heavy atom. The first-order chi connectivity index (χ1) is 5.95. The fraction of sp³-hybridized carbons (Fsp3) is 1.00. The van der Waals surface area contributed by atoms with Crippen LogP contribution in [0.15, 0.2) is 0 Å². The van der Waals surface area contributed by atoms with Gasteiger partial charge in [0.2, 0.25) is 0 Å². The van der Waals surface area contributed by atoms with Crippen LogP contribution in [0.1, 0.15) is 19.3 Å². The molecule has 2 aliphatic rings. The Balaban J connectivity index is 1.69. The summed E-state index contributed by atoms with van der Waals surface area (Å²) in [5.74, 6) is 0.828. The van der Waals surface area contributed by atoms with Crippen LogP contribution in [0.25, 0.3) is 0 Å². The Hall–Kier alpha value is -0.120. The van der Waals surface area contributed by atoms with Crippen molar-refractivity contribution in [2.24, 2.45) is 5.92 Å². The van der Waals surface area contributed by atoms with Gasteiger partial charge < -0.3 is 10.1 Å². The summed E-state index contributed by atoms with van der Waals surface area (Å²) in [5, 5.41) is 6.78. The van der Waals surface area contributed by atoms with Gasteiger partial charge in [-0.05, 0) is 38.3 Å². The SMILES string of the molecule is C1CNCC(CC2NCCO2)C1. The molecule has 2 atom stereocenters. The van der Waals surface area contributed by atoms with E-state index < -0.39 is 0 Å². The van der Waals surface area contributed by atoms with Crippen molar-refractivity contribution in [1.29, 1.82) is 0 Å². The summed E-state index contributed by atoms with van der Waals surface area (Å²) in [6.07, 6.45) is 4.23. The van der Waals surface area contributed by atoms with Gasteiger partial charge in [0.05, 0.1) is 6.61 Å². The topological polar surface area (TPSA) is 33.3 Å². The number of hydrogen-bond donors (Lipinski definition) is 2. The second-order valence-corrected chi connectivity index (χ2v) is 3.76. The van der Waals surface area contributed by atoms with Crippen molar-refractivity contribution in [1.82, 2.24) is 10.6 Å². The Kier molecular flexibility index (Phi) is 2.98. The molecule has 3 nitrogen and oxygen atoms in total. The van der Waals surface area contributed by atoms with Gasteiger partial charge in [0.15, 0.2) is 0 Å². The third-order valence-corrected chi connectivity index (χ3v) is 2.74. The lowest BCUT2D eigenvalue weighted by Crippen LogP contribution is -2.34. The fourth-order valence-electron chi connectivity index (χ4n) is 2.06. The molecule has 0 bridgehead atoms. The van der Waals surface area contributed by atoms with Crippen LogP contribution in [0.4, 0.5) is 0 Å². The highest BCUT2D eigenvalue weighted by Crippen LogP contribution is 2.17. The normalized spacial score (nSPS) is 37.0. The highest BCUT2D eigenvalue weighted by atomic mass is 16.5. The van der Waals surface area contributed by atoms with Gasteiger partial charge in [-0.15, -0.1) is 0 Å². The molecule has 12 heavy (non-hydrogen) atoms. The van der Waals surface area contributed by atoms with Crippen molar-refractivity contribution in [3.05, 3.63) is 0 Å². The first-order valence-electron chi connectivity index (χ1n) is 5.01. The smallest absolute Gasteiger partial charge is 0.108 e. The molecule has 0 aromatic carbocycles. The summed E-state index contributed by atoms with van der Waals surface area (Å²) in [7, 11) is 0. The number of rotatable bonds is 2. The molecule has 0 aliphatic carbocycles. The van der Waals surface area contributed by atoms with Crippen LogP contribution in [-0.4, -0.2) is 32.5 Å². The van der Waals surface area contributed by atoms with Gasteiger partial charge in [0, 0.05) is 6.54 Å². The van der Waals surface area contributed by atoms with Crippen LogP contribution in [-0.2, 0) is 4.74 Å². The maximum atomic E-state index is 5.52. The average Bonchev–Trinajstić information content (AvgIpc) is 2.59. The molecule has 2 saturated heterocycles. The van der Waals surface area contributed by atoms with Crippen LogP contribution in [0.5, 0.6) is 0 Å². The van der Waals surface area contributed by atoms with Crippen LogP contribution < -0.4 is 10.6 Å². The highest BCUT2D eigenvalue weighted by Gasteiger charge is 2.21. The van der Waals surface area contributed by atoms with E-state index in [9.17, 15) is 0 Å². The Morgan fingerprint density at radius 3 is 3.00 bits per heavy atom. The maximum absolute atomic E-state index is 5.52. The largest absolute Gasteiger partial charge is 0.362 e. The summed E-state index contributed by atoms with van der Waals surface area (Å²) in [5.41, 5.74) is 0. The molecular formula is C9H18N2O. The molecular weight excluding hydrogens is 152 g/mol. The van der Waals surface area contributed by atoms with E-state index in [1.807, 2.05) is 0 Å². The zero-order chi connectivity index (χ0) is 8.23. The number of hydrogen-bond acceptors (Lipinski definition) is 3. The predicted octanol–water partition coefficient (Wildman–Crippen LogP) is 0.322. The third-order valence-electron chi connectivity index (χ3n) is 2.74. The van der Waals surface area contributed by atoms with E-state index in [2.05, 4.69) is 10.6 Å². The molecule has 2 N–H and O–H groups in total. The molecule has 0 amide bonds. The first kappa shape index (κ1) is 8.48. The molecule has 3 heteroatoms. The van der Waals surface area contributed by atoms with Gasteiger partial charge in [-0.2, -0.15) is 0 Å². The monoisotopic (exact) mass is 170 g/mol. The van der Waals surface area contributed by atoms with Crippen molar-refractivity contribution in [2.45, 2.75) is 25.5 Å². The lowest BCUT2D eigenvalue weighted by atomic mass is 9.95. The van der Waals surface area contributed by atoms with Crippen molar-refractivity contribution >= 4 is 0 Å². The zero-order valence-corrected chi connectivity index (χ0v) is 7.51. The maximum Gasteiger partial charge on any atom is 0.108 e. The number of nitrogens with one attached hydrogen (secondary N) is 2. The lowest BCUT2D eigenvalue weighted by Gasteiger charge is -2.24. The number of ether oxygens (including phenoxy) is 1.